The van der Waals surface area contributed by atoms with Gasteiger partial charge in [-0.25, -0.2) is 4.39 Å². The number of rotatable bonds is 5. The van der Waals surface area contributed by atoms with Crippen molar-refractivity contribution in [2.75, 3.05) is 20.7 Å². The summed E-state index contributed by atoms with van der Waals surface area (Å²) in [5, 5.41) is 0. The Morgan fingerprint density at radius 3 is 2.56 bits per heavy atom. The van der Waals surface area contributed by atoms with Gasteiger partial charge in [-0.15, -0.1) is 0 Å². The average Bonchev–Trinajstić information content (AvgIpc) is 2.35. The normalized spacial score (nSPS) is 10.0. The van der Waals surface area contributed by atoms with E-state index in [4.69, 9.17) is 4.74 Å². The zero-order valence-electron chi connectivity index (χ0n) is 10.7. The first-order chi connectivity index (χ1) is 8.45. The molecule has 1 rings (SSSR count). The molecule has 0 fully saturated rings. The molecule has 4 nitrogen and oxygen atoms in total. The lowest BCUT2D eigenvalue weighted by molar-refractivity contribution is -0.142. The number of halogens is 1. The first-order valence-corrected chi connectivity index (χ1v) is 5.54. The number of carbonyl (C=O) groups is 2. The Morgan fingerprint density at radius 2 is 2.06 bits per heavy atom. The van der Waals surface area contributed by atoms with Crippen LogP contribution in [0.15, 0.2) is 18.2 Å². The molecule has 0 aliphatic carbocycles. The van der Waals surface area contributed by atoms with E-state index in [1.165, 1.54) is 31.1 Å². The fourth-order valence-electron chi connectivity index (χ4n) is 1.53. The quantitative estimate of drug-likeness (QED) is 0.746. The SMILES string of the molecule is COc1ccc(CCN(C)C(=O)C(C)=O)cc1F. The Balaban J connectivity index is 2.61. The highest BCUT2D eigenvalue weighted by atomic mass is 19.1. The van der Waals surface area contributed by atoms with Crippen LogP contribution in [0.4, 0.5) is 4.39 Å². The lowest BCUT2D eigenvalue weighted by Gasteiger charge is -2.15. The first kappa shape index (κ1) is 14.2. The maximum Gasteiger partial charge on any atom is 0.289 e. The van der Waals surface area contributed by atoms with Crippen LogP contribution < -0.4 is 4.74 Å². The molecule has 0 aliphatic heterocycles. The van der Waals surface area contributed by atoms with E-state index in [0.717, 1.165) is 5.56 Å². The second-order valence-electron chi connectivity index (χ2n) is 4.00. The number of nitrogens with zero attached hydrogens (tertiary/aromatic N) is 1. The van der Waals surface area contributed by atoms with Crippen molar-refractivity contribution in [2.24, 2.45) is 0 Å². The first-order valence-electron chi connectivity index (χ1n) is 5.54. The molecule has 0 saturated heterocycles. The molecule has 0 N–H and O–H groups in total. The largest absolute Gasteiger partial charge is 0.494 e. The van der Waals surface area contributed by atoms with Crippen molar-refractivity contribution in [3.8, 4) is 5.75 Å². The summed E-state index contributed by atoms with van der Waals surface area (Å²) in [6.07, 6.45) is 0.483. The highest BCUT2D eigenvalue weighted by Gasteiger charge is 2.13. The number of Topliss-reactive ketones (excluding diaryl/α,β-unsaturated/α-hetero) is 1. The highest BCUT2D eigenvalue weighted by molar-refractivity contribution is 6.34. The predicted molar refractivity (Wildman–Crippen MR) is 65.0 cm³/mol. The van der Waals surface area contributed by atoms with E-state index >= 15 is 0 Å². The fourth-order valence-corrected chi connectivity index (χ4v) is 1.53. The monoisotopic (exact) mass is 253 g/mol. The van der Waals surface area contributed by atoms with Gasteiger partial charge in [0.05, 0.1) is 7.11 Å². The molecule has 0 bridgehead atoms. The molecular formula is C13H16FNO3. The summed E-state index contributed by atoms with van der Waals surface area (Å²) < 4.78 is 18.2. The molecule has 98 valence electrons. The van der Waals surface area contributed by atoms with Crippen LogP contribution in [0.3, 0.4) is 0 Å². The maximum absolute atomic E-state index is 13.4. The molecule has 0 saturated carbocycles. The number of hydrogen-bond donors (Lipinski definition) is 0. The second-order valence-corrected chi connectivity index (χ2v) is 4.00. The molecule has 0 heterocycles. The molecular weight excluding hydrogens is 237 g/mol. The van der Waals surface area contributed by atoms with E-state index in [-0.39, 0.29) is 5.75 Å². The van der Waals surface area contributed by atoms with E-state index in [9.17, 15) is 14.0 Å². The third-order valence-electron chi connectivity index (χ3n) is 2.60. The Labute approximate surface area is 105 Å². The van der Waals surface area contributed by atoms with Crippen LogP contribution in [0.1, 0.15) is 12.5 Å². The minimum Gasteiger partial charge on any atom is -0.494 e. The molecule has 0 aromatic heterocycles. The van der Waals surface area contributed by atoms with Crippen molar-refractivity contribution >= 4 is 11.7 Å². The van der Waals surface area contributed by atoms with E-state index in [1.807, 2.05) is 0 Å². The highest BCUT2D eigenvalue weighted by Crippen LogP contribution is 2.17. The van der Waals surface area contributed by atoms with Gasteiger partial charge in [0.25, 0.3) is 5.91 Å². The van der Waals surface area contributed by atoms with Crippen molar-refractivity contribution in [3.63, 3.8) is 0 Å². The summed E-state index contributed by atoms with van der Waals surface area (Å²) >= 11 is 0. The zero-order chi connectivity index (χ0) is 13.7. The number of hydrogen-bond acceptors (Lipinski definition) is 3. The second kappa shape index (κ2) is 6.14. The van der Waals surface area contributed by atoms with Gasteiger partial charge in [-0.2, -0.15) is 0 Å². The number of carbonyl (C=O) groups excluding carboxylic acids is 2. The Morgan fingerprint density at radius 1 is 1.39 bits per heavy atom. The number of amides is 1. The van der Waals surface area contributed by atoms with Crippen molar-refractivity contribution in [2.45, 2.75) is 13.3 Å². The van der Waals surface area contributed by atoms with Gasteiger partial charge in [-0.05, 0) is 24.1 Å². The van der Waals surface area contributed by atoms with E-state index in [0.29, 0.717) is 13.0 Å². The number of ketones is 1. The van der Waals surface area contributed by atoms with Gasteiger partial charge >= 0.3 is 0 Å². The molecule has 0 atom stereocenters. The van der Waals surface area contributed by atoms with Gasteiger partial charge in [0.2, 0.25) is 5.78 Å². The number of likely N-dealkylation sites (N-methyl/N-ethyl adjacent to an activating group) is 1. The molecule has 0 radical (unpaired) electrons. The van der Waals surface area contributed by atoms with Crippen LogP contribution in [0.5, 0.6) is 5.75 Å². The summed E-state index contributed by atoms with van der Waals surface area (Å²) in [5.74, 6) is -1.29. The summed E-state index contributed by atoms with van der Waals surface area (Å²) in [6.45, 7) is 1.59. The van der Waals surface area contributed by atoms with E-state index in [1.54, 1.807) is 13.1 Å². The zero-order valence-corrected chi connectivity index (χ0v) is 10.7. The van der Waals surface area contributed by atoms with Crippen LogP contribution in [0.2, 0.25) is 0 Å². The van der Waals surface area contributed by atoms with Crippen LogP contribution >= 0.6 is 0 Å². The lowest BCUT2D eigenvalue weighted by atomic mass is 10.1. The summed E-state index contributed by atoms with van der Waals surface area (Å²) in [6, 6.07) is 4.64. The van der Waals surface area contributed by atoms with Gasteiger partial charge in [-0.3, -0.25) is 9.59 Å². The molecule has 1 amide bonds. The minimum absolute atomic E-state index is 0.187. The molecule has 1 aromatic carbocycles. The maximum atomic E-state index is 13.4. The summed E-state index contributed by atoms with van der Waals surface area (Å²) in [7, 11) is 2.95. The third kappa shape index (κ3) is 3.55. The number of ether oxygens (including phenoxy) is 1. The molecule has 0 unspecified atom stereocenters. The van der Waals surface area contributed by atoms with Crippen molar-refractivity contribution in [1.29, 1.82) is 0 Å². The van der Waals surface area contributed by atoms with Gasteiger partial charge in [-0.1, -0.05) is 6.07 Å². The summed E-state index contributed by atoms with van der Waals surface area (Å²) in [4.78, 5) is 23.5. The van der Waals surface area contributed by atoms with Gasteiger partial charge in [0.1, 0.15) is 0 Å². The Bertz CT molecular complexity index is 460. The summed E-state index contributed by atoms with van der Waals surface area (Å²) in [5.41, 5.74) is 0.747. The number of methoxy groups -OCH3 is 1. The smallest absolute Gasteiger partial charge is 0.289 e. The fraction of sp³-hybridized carbons (Fsp3) is 0.385. The van der Waals surface area contributed by atoms with E-state index in [2.05, 4.69) is 0 Å². The van der Waals surface area contributed by atoms with Crippen LogP contribution in [-0.2, 0) is 16.0 Å². The topological polar surface area (TPSA) is 46.6 Å². The predicted octanol–water partition coefficient (Wildman–Crippen LogP) is 1.42. The molecule has 18 heavy (non-hydrogen) atoms. The Kier molecular flexibility index (Phi) is 4.83. The third-order valence-corrected chi connectivity index (χ3v) is 2.60. The average molecular weight is 253 g/mol. The molecule has 0 aliphatic rings. The van der Waals surface area contributed by atoms with E-state index < -0.39 is 17.5 Å². The van der Waals surface area contributed by atoms with Gasteiger partial charge < -0.3 is 9.64 Å². The standard InChI is InChI=1S/C13H16FNO3/c1-9(16)13(17)15(2)7-6-10-4-5-12(18-3)11(14)8-10/h4-5,8H,6-7H2,1-3H3. The van der Waals surface area contributed by atoms with Gasteiger partial charge in [0, 0.05) is 20.5 Å². The molecule has 0 spiro atoms. The van der Waals surface area contributed by atoms with Crippen molar-refractivity contribution in [3.05, 3.63) is 29.6 Å². The molecule has 1 aromatic rings. The van der Waals surface area contributed by atoms with Gasteiger partial charge in [0.15, 0.2) is 11.6 Å². The van der Waals surface area contributed by atoms with Crippen LogP contribution in [0, 0.1) is 5.82 Å². The van der Waals surface area contributed by atoms with Crippen molar-refractivity contribution < 1.29 is 18.7 Å². The van der Waals surface area contributed by atoms with Crippen LogP contribution in [-0.4, -0.2) is 37.3 Å². The Hall–Kier alpha value is -1.91. The van der Waals surface area contributed by atoms with Crippen molar-refractivity contribution in [1.82, 2.24) is 4.90 Å². The molecule has 5 heteroatoms. The lowest BCUT2D eigenvalue weighted by Crippen LogP contribution is -2.33. The minimum atomic E-state index is -0.538. The van der Waals surface area contributed by atoms with Crippen LogP contribution in [0.25, 0.3) is 0 Å². The number of benzene rings is 1.